The first kappa shape index (κ1) is 20.2. The highest BCUT2D eigenvalue weighted by atomic mass is 16.3. The fourth-order valence-corrected chi connectivity index (χ4v) is 0.760. The Bertz CT molecular complexity index is 129. The summed E-state index contributed by atoms with van der Waals surface area (Å²) in [5, 5.41) is 25.5. The van der Waals surface area contributed by atoms with Crippen LogP contribution in [0.2, 0.25) is 0 Å². The van der Waals surface area contributed by atoms with Crippen molar-refractivity contribution in [1.29, 1.82) is 0 Å². The van der Waals surface area contributed by atoms with E-state index in [-0.39, 0.29) is 19.8 Å². The van der Waals surface area contributed by atoms with E-state index in [1.165, 1.54) is 0 Å². The van der Waals surface area contributed by atoms with E-state index in [1.54, 1.807) is 4.90 Å². The lowest BCUT2D eigenvalue weighted by Gasteiger charge is -2.17. The quantitative estimate of drug-likeness (QED) is 0.335. The van der Waals surface area contributed by atoms with E-state index < -0.39 is 6.03 Å². The third-order valence-corrected chi connectivity index (χ3v) is 1.25. The molecule has 0 aliphatic heterocycles. The van der Waals surface area contributed by atoms with E-state index in [9.17, 15) is 0 Å². The number of aliphatic hydroxyl groups excluding tert-OH is 3. The van der Waals surface area contributed by atoms with Crippen molar-refractivity contribution in [3.05, 3.63) is 0 Å². The maximum absolute atomic E-state index is 9.00. The van der Waals surface area contributed by atoms with E-state index in [0.717, 1.165) is 0 Å². The molecular weight excluding hydrogens is 218 g/mol. The minimum absolute atomic E-state index is 0.0694. The summed E-state index contributed by atoms with van der Waals surface area (Å²) in [5.74, 6) is 0. The van der Waals surface area contributed by atoms with Crippen LogP contribution in [0.15, 0.2) is 0 Å². The minimum Gasteiger partial charge on any atom is -0.395 e. The number of amides is 2. The number of rotatable bonds is 6. The molecule has 0 aromatic heterocycles. The lowest BCUT2D eigenvalue weighted by atomic mass is 10.4. The summed E-state index contributed by atoms with van der Waals surface area (Å²) >= 11 is 0. The second-order valence-corrected chi connectivity index (χ2v) is 2.41. The lowest BCUT2D eigenvalue weighted by molar-refractivity contribution is -0.0980. The van der Waals surface area contributed by atoms with Crippen LogP contribution in [-0.4, -0.2) is 72.5 Å². The molecule has 0 aliphatic carbocycles. The molecule has 0 aliphatic rings. The average molecular weight is 239 g/mol. The molecule has 7 N–H and O–H groups in total. The Morgan fingerprint density at radius 2 is 1.12 bits per heavy atom. The molecule has 0 aromatic rings. The first-order chi connectivity index (χ1) is 7.58. The number of aliphatic hydroxyl groups is 3. The molecule has 0 spiro atoms. The molecule has 0 fully saturated rings. The predicted octanol–water partition coefficient (Wildman–Crippen LogP) is -2.90. The number of carbonyl (C=O) groups excluding carboxylic acids is 2. The van der Waals surface area contributed by atoms with Gasteiger partial charge in [-0.05, 0) is 0 Å². The van der Waals surface area contributed by atoms with Crippen molar-refractivity contribution in [2.45, 2.75) is 0 Å². The zero-order chi connectivity index (χ0) is 13.4. The largest absolute Gasteiger partial charge is 0.395 e. The Morgan fingerprint density at radius 1 is 0.938 bits per heavy atom. The van der Waals surface area contributed by atoms with Crippen LogP contribution in [0, 0.1) is 0 Å². The van der Waals surface area contributed by atoms with Crippen LogP contribution in [0.3, 0.4) is 0 Å². The molecule has 98 valence electrons. The van der Waals surface area contributed by atoms with Crippen LogP contribution in [0.1, 0.15) is 0 Å². The number of urea groups is 1. The molecule has 2 amide bonds. The van der Waals surface area contributed by atoms with Gasteiger partial charge in [0.2, 0.25) is 0 Å². The highest BCUT2D eigenvalue weighted by molar-refractivity contribution is 5.69. The highest BCUT2D eigenvalue weighted by Crippen LogP contribution is 1.84. The van der Waals surface area contributed by atoms with Crippen LogP contribution in [0.25, 0.3) is 0 Å². The predicted molar refractivity (Wildman–Crippen MR) is 58.6 cm³/mol. The van der Waals surface area contributed by atoms with Crippen molar-refractivity contribution in [1.82, 2.24) is 4.90 Å². The number of nitrogens with two attached hydrogens (primary N) is 2. The summed E-state index contributed by atoms with van der Waals surface area (Å²) in [4.78, 5) is 18.8. The van der Waals surface area contributed by atoms with Gasteiger partial charge in [-0.15, -0.1) is 0 Å². The third-order valence-electron chi connectivity index (χ3n) is 1.25. The highest BCUT2D eigenvalue weighted by Gasteiger charge is 2.00. The second-order valence-electron chi connectivity index (χ2n) is 2.41. The minimum atomic E-state index is -0.833. The molecular formula is C8H21N3O5. The number of carbonyl (C=O) groups is 2. The lowest BCUT2D eigenvalue weighted by Crippen LogP contribution is -2.32. The molecule has 0 atom stereocenters. The van der Waals surface area contributed by atoms with Gasteiger partial charge < -0.3 is 31.6 Å². The van der Waals surface area contributed by atoms with Gasteiger partial charge in [0.25, 0.3) is 0 Å². The number of primary amides is 2. The van der Waals surface area contributed by atoms with Gasteiger partial charge in [0, 0.05) is 19.6 Å². The fraction of sp³-hybridized carbons (Fsp3) is 0.750. The van der Waals surface area contributed by atoms with Gasteiger partial charge in [-0.1, -0.05) is 0 Å². The summed E-state index contributed by atoms with van der Waals surface area (Å²) < 4.78 is 0. The molecule has 0 radical (unpaired) electrons. The van der Waals surface area contributed by atoms with E-state index in [1.807, 2.05) is 6.79 Å². The van der Waals surface area contributed by atoms with Crippen LogP contribution >= 0.6 is 0 Å². The van der Waals surface area contributed by atoms with E-state index in [4.69, 9.17) is 24.9 Å². The Morgan fingerprint density at radius 3 is 1.25 bits per heavy atom. The SMILES string of the molecule is C=O.NC(N)=O.OCCN(CCO)CCO. The van der Waals surface area contributed by atoms with Gasteiger partial charge in [-0.25, -0.2) is 4.79 Å². The van der Waals surface area contributed by atoms with E-state index in [2.05, 4.69) is 11.5 Å². The van der Waals surface area contributed by atoms with Crippen molar-refractivity contribution in [3.63, 3.8) is 0 Å². The monoisotopic (exact) mass is 239 g/mol. The first-order valence-electron chi connectivity index (χ1n) is 4.47. The molecule has 8 nitrogen and oxygen atoms in total. The Hall–Kier alpha value is -1.22. The van der Waals surface area contributed by atoms with E-state index in [0.29, 0.717) is 19.6 Å². The second kappa shape index (κ2) is 19.4. The van der Waals surface area contributed by atoms with Crippen molar-refractivity contribution in [3.8, 4) is 0 Å². The molecule has 0 heterocycles. The van der Waals surface area contributed by atoms with Crippen LogP contribution in [0.5, 0.6) is 0 Å². The molecule has 0 rings (SSSR count). The van der Waals surface area contributed by atoms with Crippen LogP contribution < -0.4 is 11.5 Å². The standard InChI is InChI=1S/C6H15NO3.CH4N2O.CH2O/c8-4-1-7(2-5-9)3-6-10;2-1(3)4;1-2/h8-10H,1-6H2;(H4,2,3,4);1H2. The molecule has 0 saturated heterocycles. The molecule has 8 heteroatoms. The average Bonchev–Trinajstić information content (AvgIpc) is 2.21. The van der Waals surface area contributed by atoms with Gasteiger partial charge in [0.15, 0.2) is 0 Å². The van der Waals surface area contributed by atoms with Crippen molar-refractivity contribution in [2.75, 3.05) is 39.5 Å². The Labute approximate surface area is 94.5 Å². The summed E-state index contributed by atoms with van der Waals surface area (Å²) in [7, 11) is 0. The van der Waals surface area contributed by atoms with Crippen molar-refractivity contribution < 1.29 is 24.9 Å². The van der Waals surface area contributed by atoms with Crippen LogP contribution in [0.4, 0.5) is 4.79 Å². The molecule has 0 bridgehead atoms. The molecule has 0 unspecified atom stereocenters. The van der Waals surface area contributed by atoms with Gasteiger partial charge in [0.05, 0.1) is 19.8 Å². The zero-order valence-corrected chi connectivity index (χ0v) is 9.21. The number of hydrogen-bond acceptors (Lipinski definition) is 6. The third kappa shape index (κ3) is 29.3. The van der Waals surface area contributed by atoms with Gasteiger partial charge in [-0.3, -0.25) is 4.90 Å². The summed E-state index contributed by atoms with van der Waals surface area (Å²) in [5.41, 5.74) is 8.50. The summed E-state index contributed by atoms with van der Waals surface area (Å²) in [6.07, 6.45) is 0. The molecule has 0 saturated carbocycles. The topological polar surface area (TPSA) is 150 Å². The molecule has 16 heavy (non-hydrogen) atoms. The fourth-order valence-electron chi connectivity index (χ4n) is 0.760. The van der Waals surface area contributed by atoms with Crippen molar-refractivity contribution >= 4 is 12.8 Å². The van der Waals surface area contributed by atoms with Gasteiger partial charge in [-0.2, -0.15) is 0 Å². The summed E-state index contributed by atoms with van der Waals surface area (Å²) in [6, 6.07) is -0.833. The van der Waals surface area contributed by atoms with Gasteiger partial charge in [0.1, 0.15) is 6.79 Å². The first-order valence-corrected chi connectivity index (χ1v) is 4.47. The van der Waals surface area contributed by atoms with Crippen LogP contribution in [-0.2, 0) is 4.79 Å². The number of hydrogen-bond donors (Lipinski definition) is 5. The Balaban J connectivity index is -0.000000237. The maximum Gasteiger partial charge on any atom is 0.309 e. The smallest absolute Gasteiger partial charge is 0.309 e. The van der Waals surface area contributed by atoms with Crippen molar-refractivity contribution in [2.24, 2.45) is 11.5 Å². The summed E-state index contributed by atoms with van der Waals surface area (Å²) in [6.45, 7) is 3.75. The molecule has 0 aromatic carbocycles. The normalized spacial score (nSPS) is 8.50. The zero-order valence-electron chi connectivity index (χ0n) is 9.21. The van der Waals surface area contributed by atoms with Gasteiger partial charge >= 0.3 is 6.03 Å². The van der Waals surface area contributed by atoms with E-state index >= 15 is 0 Å². The number of nitrogens with zero attached hydrogens (tertiary/aromatic N) is 1. The maximum atomic E-state index is 9.00. The Kier molecular flexibility index (Phi) is 24.5.